The lowest BCUT2D eigenvalue weighted by Crippen LogP contribution is -2.13. The Labute approximate surface area is 122 Å². The third kappa shape index (κ3) is 3.54. The van der Waals surface area contributed by atoms with E-state index in [1.807, 2.05) is 42.9 Å². The monoisotopic (exact) mass is 290 g/mol. The highest BCUT2D eigenvalue weighted by atomic mass is 32.2. The van der Waals surface area contributed by atoms with E-state index in [2.05, 4.69) is 10.3 Å². The van der Waals surface area contributed by atoms with E-state index in [0.29, 0.717) is 17.9 Å². The zero-order valence-corrected chi connectivity index (χ0v) is 12.4. The highest BCUT2D eigenvalue weighted by Crippen LogP contribution is 2.21. The molecule has 2 rings (SSSR count). The highest BCUT2D eigenvalue weighted by molar-refractivity contribution is 7.99. The van der Waals surface area contributed by atoms with Gasteiger partial charge in [-0.15, -0.1) is 0 Å². The third-order valence-corrected chi connectivity index (χ3v) is 4.05. The average molecular weight is 290 g/mol. The number of nitrogens with one attached hydrogen (secondary N) is 1. The zero-order valence-electron chi connectivity index (χ0n) is 11.6. The molecule has 5 nitrogen and oxygen atoms in total. The molecule has 2 aromatic rings. The molecule has 0 unspecified atom stereocenters. The molecule has 0 aliphatic carbocycles. The topological polar surface area (TPSA) is 72.9 Å². The van der Waals surface area contributed by atoms with Crippen LogP contribution < -0.4 is 11.1 Å². The number of imidazole rings is 1. The molecule has 1 heterocycles. The molecule has 0 spiro atoms. The predicted molar refractivity (Wildman–Crippen MR) is 82.8 cm³/mol. The Balaban J connectivity index is 1.84. The van der Waals surface area contributed by atoms with E-state index < -0.39 is 0 Å². The molecule has 0 aliphatic rings. The Kier molecular flexibility index (Phi) is 4.68. The molecular weight excluding hydrogens is 272 g/mol. The van der Waals surface area contributed by atoms with Gasteiger partial charge in [-0.3, -0.25) is 4.79 Å². The number of aromatic nitrogens is 2. The van der Waals surface area contributed by atoms with E-state index in [1.165, 1.54) is 0 Å². The van der Waals surface area contributed by atoms with E-state index in [9.17, 15) is 4.79 Å². The molecule has 1 amide bonds. The van der Waals surface area contributed by atoms with Crippen molar-refractivity contribution in [2.24, 2.45) is 7.05 Å². The Morgan fingerprint density at radius 3 is 3.00 bits per heavy atom. The summed E-state index contributed by atoms with van der Waals surface area (Å²) in [5.41, 5.74) is 8.17. The third-order valence-electron chi connectivity index (χ3n) is 2.99. The average Bonchev–Trinajstić information content (AvgIpc) is 2.81. The van der Waals surface area contributed by atoms with Gasteiger partial charge in [0.1, 0.15) is 0 Å². The number of hydrogen-bond acceptors (Lipinski definition) is 4. The summed E-state index contributed by atoms with van der Waals surface area (Å²) in [6.45, 7) is 1.90. The molecule has 0 radical (unpaired) electrons. The zero-order chi connectivity index (χ0) is 14.5. The highest BCUT2D eigenvalue weighted by Gasteiger charge is 2.07. The Bertz CT molecular complexity index is 609. The summed E-state index contributed by atoms with van der Waals surface area (Å²) in [5, 5.41) is 3.80. The summed E-state index contributed by atoms with van der Waals surface area (Å²) >= 11 is 1.57. The van der Waals surface area contributed by atoms with Gasteiger partial charge in [-0.1, -0.05) is 17.8 Å². The molecule has 20 heavy (non-hydrogen) atoms. The first kappa shape index (κ1) is 14.5. The minimum Gasteiger partial charge on any atom is -0.398 e. The summed E-state index contributed by atoms with van der Waals surface area (Å²) < 4.78 is 1.94. The van der Waals surface area contributed by atoms with Crippen LogP contribution in [0.4, 0.5) is 11.4 Å². The number of amides is 1. The summed E-state index contributed by atoms with van der Waals surface area (Å²) in [6, 6.07) is 5.51. The van der Waals surface area contributed by atoms with Crippen LogP contribution in [-0.4, -0.2) is 21.2 Å². The first-order valence-electron chi connectivity index (χ1n) is 6.33. The van der Waals surface area contributed by atoms with Crippen molar-refractivity contribution in [2.45, 2.75) is 18.5 Å². The van der Waals surface area contributed by atoms with Gasteiger partial charge >= 0.3 is 0 Å². The molecule has 0 saturated heterocycles. The summed E-state index contributed by atoms with van der Waals surface area (Å²) in [6.07, 6.45) is 4.07. The van der Waals surface area contributed by atoms with Gasteiger partial charge in [0.15, 0.2) is 5.16 Å². The van der Waals surface area contributed by atoms with Gasteiger partial charge < -0.3 is 15.6 Å². The van der Waals surface area contributed by atoms with Crippen LogP contribution in [-0.2, 0) is 11.8 Å². The van der Waals surface area contributed by atoms with Gasteiger partial charge in [0.05, 0.1) is 0 Å². The van der Waals surface area contributed by atoms with Gasteiger partial charge in [0, 0.05) is 43.0 Å². The lowest BCUT2D eigenvalue weighted by atomic mass is 10.1. The second-order valence-electron chi connectivity index (χ2n) is 4.49. The predicted octanol–water partition coefficient (Wildman–Crippen LogP) is 2.43. The van der Waals surface area contributed by atoms with Crippen LogP contribution in [0.25, 0.3) is 0 Å². The minimum absolute atomic E-state index is 0.0135. The van der Waals surface area contributed by atoms with Crippen LogP contribution >= 0.6 is 11.8 Å². The summed E-state index contributed by atoms with van der Waals surface area (Å²) in [4.78, 5) is 16.1. The van der Waals surface area contributed by atoms with Crippen LogP contribution in [0.15, 0.2) is 35.7 Å². The number of benzene rings is 1. The second-order valence-corrected chi connectivity index (χ2v) is 5.55. The van der Waals surface area contributed by atoms with Gasteiger partial charge in [0.2, 0.25) is 5.91 Å². The fraction of sp³-hybridized carbons (Fsp3) is 0.286. The number of carbonyl (C=O) groups is 1. The number of anilines is 2. The van der Waals surface area contributed by atoms with Crippen molar-refractivity contribution < 1.29 is 4.79 Å². The van der Waals surface area contributed by atoms with Crippen molar-refractivity contribution >= 4 is 29.0 Å². The van der Waals surface area contributed by atoms with Crippen molar-refractivity contribution in [2.75, 3.05) is 16.8 Å². The van der Waals surface area contributed by atoms with E-state index >= 15 is 0 Å². The largest absolute Gasteiger partial charge is 0.398 e. The molecule has 3 N–H and O–H groups in total. The van der Waals surface area contributed by atoms with Crippen LogP contribution in [0.5, 0.6) is 0 Å². The molecule has 0 bridgehead atoms. The molecule has 0 atom stereocenters. The maximum Gasteiger partial charge on any atom is 0.225 e. The van der Waals surface area contributed by atoms with Gasteiger partial charge in [-0.05, 0) is 24.6 Å². The van der Waals surface area contributed by atoms with Crippen LogP contribution in [0.1, 0.15) is 12.0 Å². The van der Waals surface area contributed by atoms with Crippen molar-refractivity contribution in [1.29, 1.82) is 0 Å². The van der Waals surface area contributed by atoms with Crippen molar-refractivity contribution in [3.05, 3.63) is 36.2 Å². The van der Waals surface area contributed by atoms with Crippen molar-refractivity contribution in [1.82, 2.24) is 9.55 Å². The molecule has 0 fully saturated rings. The number of aryl methyl sites for hydroxylation is 1. The van der Waals surface area contributed by atoms with Crippen LogP contribution in [0, 0.1) is 6.92 Å². The number of hydrogen-bond donors (Lipinski definition) is 2. The van der Waals surface area contributed by atoms with E-state index in [-0.39, 0.29) is 5.91 Å². The molecular formula is C14H18N4OS. The van der Waals surface area contributed by atoms with Gasteiger partial charge in [-0.2, -0.15) is 0 Å². The SMILES string of the molecule is Cc1c(N)cccc1NC(=O)CCSc1nccn1C. The fourth-order valence-corrected chi connectivity index (χ4v) is 2.60. The molecule has 6 heteroatoms. The number of rotatable bonds is 5. The molecule has 106 valence electrons. The normalized spacial score (nSPS) is 10.5. The van der Waals surface area contributed by atoms with E-state index in [4.69, 9.17) is 5.73 Å². The number of thioether (sulfide) groups is 1. The van der Waals surface area contributed by atoms with Crippen molar-refractivity contribution in [3.63, 3.8) is 0 Å². The Morgan fingerprint density at radius 1 is 1.50 bits per heavy atom. The van der Waals surface area contributed by atoms with Gasteiger partial charge in [-0.25, -0.2) is 4.98 Å². The molecule has 0 saturated carbocycles. The van der Waals surface area contributed by atoms with E-state index in [1.54, 1.807) is 18.0 Å². The standard InChI is InChI=1S/C14H18N4OS/c1-10-11(15)4-3-5-12(10)17-13(19)6-9-20-14-16-7-8-18(14)2/h3-5,7-8H,6,9,15H2,1-2H3,(H,17,19). The smallest absolute Gasteiger partial charge is 0.225 e. The van der Waals surface area contributed by atoms with E-state index in [0.717, 1.165) is 16.4 Å². The van der Waals surface area contributed by atoms with Gasteiger partial charge in [0.25, 0.3) is 0 Å². The molecule has 0 aliphatic heterocycles. The summed E-state index contributed by atoms with van der Waals surface area (Å²) in [5.74, 6) is 0.679. The number of nitrogens with two attached hydrogens (primary N) is 1. The lowest BCUT2D eigenvalue weighted by Gasteiger charge is -2.10. The maximum atomic E-state index is 11.9. The number of nitrogens with zero attached hydrogens (tertiary/aromatic N) is 2. The maximum absolute atomic E-state index is 11.9. The molecule has 1 aromatic carbocycles. The first-order chi connectivity index (χ1) is 9.58. The molecule has 1 aromatic heterocycles. The second kappa shape index (κ2) is 6.47. The van der Waals surface area contributed by atoms with Crippen LogP contribution in [0.3, 0.4) is 0 Å². The van der Waals surface area contributed by atoms with Crippen molar-refractivity contribution in [3.8, 4) is 0 Å². The fourth-order valence-electron chi connectivity index (χ4n) is 1.73. The lowest BCUT2D eigenvalue weighted by molar-refractivity contribution is -0.115. The minimum atomic E-state index is -0.0135. The Morgan fingerprint density at radius 2 is 2.30 bits per heavy atom. The Hall–Kier alpha value is -1.95. The number of carbonyl (C=O) groups excluding carboxylic acids is 1. The number of nitrogen functional groups attached to an aromatic ring is 1. The first-order valence-corrected chi connectivity index (χ1v) is 7.31. The van der Waals surface area contributed by atoms with Crippen LogP contribution in [0.2, 0.25) is 0 Å². The summed E-state index contributed by atoms with van der Waals surface area (Å²) in [7, 11) is 1.94. The quantitative estimate of drug-likeness (QED) is 0.655.